The van der Waals surface area contributed by atoms with E-state index in [2.05, 4.69) is 15.1 Å². The molecule has 1 aromatic heterocycles. The molecule has 1 aliphatic rings. The Kier molecular flexibility index (Phi) is 3.93. The van der Waals surface area contributed by atoms with Crippen LogP contribution < -0.4 is 16.3 Å². The van der Waals surface area contributed by atoms with Crippen molar-refractivity contribution in [1.82, 2.24) is 10.6 Å². The number of carbonyl (C=O) groups is 1. The van der Waals surface area contributed by atoms with Crippen LogP contribution in [0.1, 0.15) is 29.6 Å². The van der Waals surface area contributed by atoms with Crippen molar-refractivity contribution in [2.24, 2.45) is 0 Å². The second-order valence-corrected chi connectivity index (χ2v) is 4.18. The Morgan fingerprint density at radius 2 is 2.41 bits per heavy atom. The molecular formula is C12H16N2O3. The number of carbonyl (C=O) groups excluding carboxylic acids is 1. The van der Waals surface area contributed by atoms with E-state index in [-0.39, 0.29) is 5.91 Å². The lowest BCUT2D eigenvalue weighted by atomic mass is 10.1. The third-order valence-electron chi connectivity index (χ3n) is 2.90. The minimum atomic E-state index is -0.447. The molecule has 1 aliphatic heterocycles. The quantitative estimate of drug-likeness (QED) is 0.799. The molecule has 2 heterocycles. The zero-order valence-electron chi connectivity index (χ0n) is 9.57. The molecular weight excluding hydrogens is 220 g/mol. The van der Waals surface area contributed by atoms with Gasteiger partial charge in [-0.05, 0) is 31.9 Å². The summed E-state index contributed by atoms with van der Waals surface area (Å²) in [6.07, 6.45) is 4.51. The predicted molar refractivity (Wildman–Crippen MR) is 63.0 cm³/mol. The van der Waals surface area contributed by atoms with E-state index in [1.54, 1.807) is 0 Å². The second-order valence-electron chi connectivity index (χ2n) is 4.18. The average molecular weight is 236 g/mol. The Morgan fingerprint density at radius 3 is 3.06 bits per heavy atom. The SMILES string of the molecule is O=C(NCCC1CCCN1)c1ccc(=O)oc1. The second kappa shape index (κ2) is 5.63. The summed E-state index contributed by atoms with van der Waals surface area (Å²) in [6, 6.07) is 3.23. The first-order valence-corrected chi connectivity index (χ1v) is 5.86. The van der Waals surface area contributed by atoms with Crippen molar-refractivity contribution >= 4 is 5.91 Å². The maximum atomic E-state index is 11.6. The van der Waals surface area contributed by atoms with E-state index in [0.717, 1.165) is 13.0 Å². The average Bonchev–Trinajstić information content (AvgIpc) is 2.83. The molecule has 1 fully saturated rings. The fourth-order valence-corrected chi connectivity index (χ4v) is 1.95. The van der Waals surface area contributed by atoms with Gasteiger partial charge in [0.1, 0.15) is 6.26 Å². The Bertz CT molecular complexity index is 415. The van der Waals surface area contributed by atoms with Crippen LogP contribution in [0.4, 0.5) is 0 Å². The Hall–Kier alpha value is -1.62. The van der Waals surface area contributed by atoms with E-state index in [9.17, 15) is 9.59 Å². The van der Waals surface area contributed by atoms with E-state index in [1.807, 2.05) is 0 Å². The van der Waals surface area contributed by atoms with Gasteiger partial charge in [-0.2, -0.15) is 0 Å². The summed E-state index contributed by atoms with van der Waals surface area (Å²) in [5, 5.41) is 6.17. The van der Waals surface area contributed by atoms with Gasteiger partial charge < -0.3 is 15.1 Å². The summed E-state index contributed by atoms with van der Waals surface area (Å²) in [5.74, 6) is -0.202. The molecule has 5 nitrogen and oxygen atoms in total. The molecule has 2 N–H and O–H groups in total. The van der Waals surface area contributed by atoms with Crippen molar-refractivity contribution in [3.05, 3.63) is 34.4 Å². The highest BCUT2D eigenvalue weighted by Crippen LogP contribution is 2.07. The van der Waals surface area contributed by atoms with Gasteiger partial charge in [0.2, 0.25) is 0 Å². The summed E-state index contributed by atoms with van der Waals surface area (Å²) in [6.45, 7) is 1.71. The molecule has 0 radical (unpaired) electrons. The van der Waals surface area contributed by atoms with Crippen LogP contribution in [-0.2, 0) is 0 Å². The molecule has 0 saturated carbocycles. The van der Waals surface area contributed by atoms with Gasteiger partial charge in [-0.3, -0.25) is 4.79 Å². The molecule has 92 valence electrons. The monoisotopic (exact) mass is 236 g/mol. The standard InChI is InChI=1S/C12H16N2O3/c15-11-4-3-9(8-17-11)12(16)14-7-5-10-2-1-6-13-10/h3-4,8,10,13H,1-2,5-7H2,(H,14,16). The fourth-order valence-electron chi connectivity index (χ4n) is 1.95. The van der Waals surface area contributed by atoms with Crippen molar-refractivity contribution in [2.45, 2.75) is 25.3 Å². The van der Waals surface area contributed by atoms with Crippen molar-refractivity contribution in [3.63, 3.8) is 0 Å². The largest absolute Gasteiger partial charge is 0.430 e. The van der Waals surface area contributed by atoms with Gasteiger partial charge >= 0.3 is 5.63 Å². The highest BCUT2D eigenvalue weighted by atomic mass is 16.4. The molecule has 2 rings (SSSR count). The number of hydrogen-bond acceptors (Lipinski definition) is 4. The summed E-state index contributed by atoms with van der Waals surface area (Å²) >= 11 is 0. The van der Waals surface area contributed by atoms with Gasteiger partial charge in [-0.1, -0.05) is 0 Å². The first-order valence-electron chi connectivity index (χ1n) is 5.86. The van der Waals surface area contributed by atoms with E-state index in [1.165, 1.54) is 31.2 Å². The van der Waals surface area contributed by atoms with Crippen LogP contribution in [0.5, 0.6) is 0 Å². The molecule has 1 saturated heterocycles. The summed E-state index contributed by atoms with van der Waals surface area (Å²) in [7, 11) is 0. The number of rotatable bonds is 4. The number of nitrogens with one attached hydrogen (secondary N) is 2. The molecule has 1 unspecified atom stereocenters. The van der Waals surface area contributed by atoms with Crippen molar-refractivity contribution < 1.29 is 9.21 Å². The van der Waals surface area contributed by atoms with Crippen molar-refractivity contribution in [3.8, 4) is 0 Å². The van der Waals surface area contributed by atoms with E-state index in [4.69, 9.17) is 0 Å². The first-order chi connectivity index (χ1) is 8.25. The Morgan fingerprint density at radius 1 is 1.53 bits per heavy atom. The van der Waals surface area contributed by atoms with Crippen LogP contribution in [-0.4, -0.2) is 25.0 Å². The van der Waals surface area contributed by atoms with Gasteiger partial charge in [-0.25, -0.2) is 4.79 Å². The molecule has 0 aliphatic carbocycles. The Labute approximate surface area is 99.2 Å². The van der Waals surface area contributed by atoms with Crippen LogP contribution in [0, 0.1) is 0 Å². The van der Waals surface area contributed by atoms with Gasteiger partial charge in [0, 0.05) is 18.7 Å². The summed E-state index contributed by atoms with van der Waals surface area (Å²) in [5.41, 5.74) is -0.0688. The van der Waals surface area contributed by atoms with Crippen LogP contribution >= 0.6 is 0 Å². The lowest BCUT2D eigenvalue weighted by Crippen LogP contribution is -2.30. The highest BCUT2D eigenvalue weighted by molar-refractivity contribution is 5.93. The van der Waals surface area contributed by atoms with Crippen LogP contribution in [0.3, 0.4) is 0 Å². The number of hydrogen-bond donors (Lipinski definition) is 2. The molecule has 0 bridgehead atoms. The van der Waals surface area contributed by atoms with E-state index >= 15 is 0 Å². The summed E-state index contributed by atoms with van der Waals surface area (Å²) in [4.78, 5) is 22.4. The minimum absolute atomic E-state index is 0.202. The van der Waals surface area contributed by atoms with Crippen molar-refractivity contribution in [1.29, 1.82) is 0 Å². The molecule has 1 atom stereocenters. The van der Waals surface area contributed by atoms with E-state index < -0.39 is 5.63 Å². The third kappa shape index (κ3) is 3.42. The molecule has 17 heavy (non-hydrogen) atoms. The highest BCUT2D eigenvalue weighted by Gasteiger charge is 2.14. The van der Waals surface area contributed by atoms with Gasteiger partial charge in [0.25, 0.3) is 5.91 Å². The molecule has 1 aromatic rings. The normalized spacial score (nSPS) is 19.2. The lowest BCUT2D eigenvalue weighted by molar-refractivity contribution is 0.0950. The van der Waals surface area contributed by atoms with Crippen LogP contribution in [0.2, 0.25) is 0 Å². The zero-order valence-corrected chi connectivity index (χ0v) is 9.57. The molecule has 0 spiro atoms. The predicted octanol–water partition coefficient (Wildman–Crippen LogP) is 0.512. The van der Waals surface area contributed by atoms with Crippen LogP contribution in [0.15, 0.2) is 27.6 Å². The van der Waals surface area contributed by atoms with Gasteiger partial charge in [-0.15, -0.1) is 0 Å². The third-order valence-corrected chi connectivity index (χ3v) is 2.90. The molecule has 0 aromatic carbocycles. The van der Waals surface area contributed by atoms with Gasteiger partial charge in [0.15, 0.2) is 0 Å². The van der Waals surface area contributed by atoms with Crippen LogP contribution in [0.25, 0.3) is 0 Å². The maximum Gasteiger partial charge on any atom is 0.335 e. The Balaban J connectivity index is 1.76. The first kappa shape index (κ1) is 11.9. The molecule has 5 heteroatoms. The van der Waals surface area contributed by atoms with Crippen molar-refractivity contribution in [2.75, 3.05) is 13.1 Å². The lowest BCUT2D eigenvalue weighted by Gasteiger charge is -2.10. The fraction of sp³-hybridized carbons (Fsp3) is 0.500. The van der Waals surface area contributed by atoms with Gasteiger partial charge in [0.05, 0.1) is 5.56 Å². The maximum absolute atomic E-state index is 11.6. The minimum Gasteiger partial charge on any atom is -0.430 e. The topological polar surface area (TPSA) is 71.3 Å². The smallest absolute Gasteiger partial charge is 0.335 e. The molecule has 1 amide bonds. The number of amides is 1. The summed E-state index contributed by atoms with van der Waals surface area (Å²) < 4.78 is 4.63. The van der Waals surface area contributed by atoms with E-state index in [0.29, 0.717) is 18.2 Å². The zero-order chi connectivity index (χ0) is 12.1.